The Kier molecular flexibility index (Phi) is 5.48. The van der Waals surface area contributed by atoms with Crippen molar-refractivity contribution >= 4 is 41.4 Å². The van der Waals surface area contributed by atoms with Crippen LogP contribution < -0.4 is 21.9 Å². The summed E-state index contributed by atoms with van der Waals surface area (Å²) >= 11 is 1.36. The molecular weight excluding hydrogens is 449 g/mol. The highest BCUT2D eigenvalue weighted by Gasteiger charge is 2.34. The molecule has 5 N–H and O–H groups in total. The van der Waals surface area contributed by atoms with E-state index in [1.807, 2.05) is 11.4 Å². The van der Waals surface area contributed by atoms with Crippen LogP contribution in [0.15, 0.2) is 45.3 Å². The van der Waals surface area contributed by atoms with Crippen LogP contribution in [-0.2, 0) is 11.1 Å². The highest BCUT2D eigenvalue weighted by atomic mass is 32.1. The number of nitrogens with two attached hydrogens (primary N) is 1. The van der Waals surface area contributed by atoms with Gasteiger partial charge in [-0.3, -0.25) is 9.36 Å². The molecule has 3 heterocycles. The quantitative estimate of drug-likeness (QED) is 0.336. The molecule has 4 rings (SSSR count). The number of aromatic nitrogens is 2. The number of aryl methyl sites for hydroxylation is 1. The zero-order chi connectivity index (χ0) is 23.3. The molecule has 3 aromatic rings. The fraction of sp³-hybridized carbons (Fsp3) is 0.286. The van der Waals surface area contributed by atoms with Gasteiger partial charge in [0.25, 0.3) is 5.56 Å². The summed E-state index contributed by atoms with van der Waals surface area (Å²) in [6.07, 6.45) is 0.661. The smallest absolute Gasteiger partial charge is 0.346 e. The Morgan fingerprint density at radius 2 is 2.03 bits per heavy atom. The maximum absolute atomic E-state index is 13.3. The van der Waals surface area contributed by atoms with Crippen molar-refractivity contribution in [2.45, 2.75) is 33.7 Å². The van der Waals surface area contributed by atoms with Crippen LogP contribution in [0.5, 0.6) is 5.75 Å². The van der Waals surface area contributed by atoms with E-state index in [2.05, 4.69) is 35.9 Å². The van der Waals surface area contributed by atoms with Gasteiger partial charge in [-0.15, -0.1) is 11.3 Å². The summed E-state index contributed by atoms with van der Waals surface area (Å²) in [6, 6.07) is 8.07. The fourth-order valence-corrected chi connectivity index (χ4v) is 5.30. The normalized spacial score (nSPS) is 18.1. The molecule has 0 saturated heterocycles. The molecular formula is C21H24N5O4PS. The number of thiophene rings is 1. The molecule has 1 aromatic carbocycles. The molecule has 2 aromatic heterocycles. The van der Waals surface area contributed by atoms with Crippen molar-refractivity contribution in [2.24, 2.45) is 10.2 Å². The molecule has 0 amide bonds. The molecule has 0 aliphatic carbocycles. The molecule has 0 saturated carbocycles. The van der Waals surface area contributed by atoms with Crippen molar-refractivity contribution in [1.29, 1.82) is 0 Å². The van der Waals surface area contributed by atoms with E-state index in [0.717, 1.165) is 0 Å². The first-order valence-corrected chi connectivity index (χ1v) is 12.4. The number of benzene rings is 1. The van der Waals surface area contributed by atoms with Gasteiger partial charge in [0.15, 0.2) is 11.6 Å². The number of nitrogens with zero attached hydrogens (tertiary/aromatic N) is 3. The average Bonchev–Trinajstić information content (AvgIpc) is 3.21. The number of amidine groups is 1. The lowest BCUT2D eigenvalue weighted by molar-refractivity contribution is 0.335. The van der Waals surface area contributed by atoms with E-state index in [1.165, 1.54) is 22.1 Å². The van der Waals surface area contributed by atoms with E-state index in [0.29, 0.717) is 29.2 Å². The van der Waals surface area contributed by atoms with E-state index >= 15 is 0 Å². The third-order valence-electron chi connectivity index (χ3n) is 5.02. The highest BCUT2D eigenvalue weighted by molar-refractivity contribution is 7.65. The van der Waals surface area contributed by atoms with Crippen LogP contribution in [0.4, 0.5) is 11.4 Å². The maximum Gasteiger partial charge on any atom is 0.346 e. The first-order valence-electron chi connectivity index (χ1n) is 9.95. The molecule has 1 aliphatic heterocycles. The first-order chi connectivity index (χ1) is 15.0. The average molecular weight is 473 g/mol. The number of anilines is 2. The van der Waals surface area contributed by atoms with Gasteiger partial charge < -0.3 is 21.1 Å². The second-order valence-electron chi connectivity index (χ2n) is 8.78. The Labute approximate surface area is 188 Å². The van der Waals surface area contributed by atoms with E-state index in [9.17, 15) is 19.4 Å². The molecule has 9 nitrogen and oxygen atoms in total. The van der Waals surface area contributed by atoms with E-state index in [-0.39, 0.29) is 27.8 Å². The standard InChI is InChI=1S/C21H24N5O4PS/c1-21(2,3)8-9-26-20(28)16(18(27)17(24-26)15-5-4-10-32-15)19-23-13-7-6-12(22)11-14(13)31(29,30)25-19/h4-7,10-11,27H,8-9,22H2,1-3H3,(H2,23,25,29,30). The minimum Gasteiger partial charge on any atom is -0.505 e. The number of hydrogen-bond acceptors (Lipinski definition) is 7. The minimum atomic E-state index is -4.23. The third kappa shape index (κ3) is 4.21. The van der Waals surface area contributed by atoms with Gasteiger partial charge in [-0.1, -0.05) is 26.8 Å². The summed E-state index contributed by atoms with van der Waals surface area (Å²) < 4.78 is 18.1. The van der Waals surface area contributed by atoms with Crippen molar-refractivity contribution in [3.05, 3.63) is 51.6 Å². The van der Waals surface area contributed by atoms with Crippen LogP contribution in [-0.4, -0.2) is 25.6 Å². The topological polar surface area (TPSA) is 143 Å². The van der Waals surface area contributed by atoms with Gasteiger partial charge in [-0.25, -0.2) is 4.68 Å². The van der Waals surface area contributed by atoms with Gasteiger partial charge >= 0.3 is 7.52 Å². The SMILES string of the molecule is CC(C)(C)CCn1nc(-c2cccs2)c(O)c(C2=NP(=O)(O)c3cc(N)ccc3N2)c1=O. The van der Waals surface area contributed by atoms with Crippen molar-refractivity contribution in [1.82, 2.24) is 9.78 Å². The molecule has 168 valence electrons. The molecule has 1 aliphatic rings. The van der Waals surface area contributed by atoms with Crippen molar-refractivity contribution < 1.29 is 14.6 Å². The minimum absolute atomic E-state index is 0.0429. The van der Waals surface area contributed by atoms with E-state index in [1.54, 1.807) is 18.2 Å². The number of fused-ring (bicyclic) bond motifs is 1. The van der Waals surface area contributed by atoms with Crippen LogP contribution >= 0.6 is 18.9 Å². The van der Waals surface area contributed by atoms with Crippen LogP contribution in [0.1, 0.15) is 32.8 Å². The Morgan fingerprint density at radius 3 is 2.69 bits per heavy atom. The van der Waals surface area contributed by atoms with E-state index < -0.39 is 18.8 Å². The number of nitrogens with one attached hydrogen (secondary N) is 1. The Hall–Kier alpha value is -2.94. The second kappa shape index (κ2) is 7.88. The lowest BCUT2D eigenvalue weighted by atomic mass is 9.92. The predicted octanol–water partition coefficient (Wildman–Crippen LogP) is 3.38. The second-order valence-corrected chi connectivity index (χ2v) is 11.5. The molecule has 0 fully saturated rings. The summed E-state index contributed by atoms with van der Waals surface area (Å²) in [5, 5.41) is 20.2. The van der Waals surface area contributed by atoms with E-state index in [4.69, 9.17) is 5.73 Å². The Balaban J connectivity index is 1.91. The summed E-state index contributed by atoms with van der Waals surface area (Å²) in [6.45, 7) is 6.47. The van der Waals surface area contributed by atoms with Gasteiger partial charge in [-0.2, -0.15) is 9.86 Å². The van der Waals surface area contributed by atoms with Gasteiger partial charge in [0.1, 0.15) is 11.3 Å². The maximum atomic E-state index is 13.3. The van der Waals surface area contributed by atoms with Gasteiger partial charge in [0.05, 0.1) is 15.9 Å². The molecule has 0 bridgehead atoms. The summed E-state index contributed by atoms with van der Waals surface area (Å²) in [5.74, 6) is -0.574. The number of rotatable bonds is 4. The molecule has 1 atom stereocenters. The highest BCUT2D eigenvalue weighted by Crippen LogP contribution is 2.47. The Morgan fingerprint density at radius 1 is 1.28 bits per heavy atom. The molecule has 0 radical (unpaired) electrons. The summed E-state index contributed by atoms with van der Waals surface area (Å²) in [4.78, 5) is 24.6. The van der Waals surface area contributed by atoms with Crippen molar-refractivity contribution in [3.8, 4) is 16.3 Å². The molecule has 32 heavy (non-hydrogen) atoms. The van der Waals surface area contributed by atoms with Crippen LogP contribution in [0.25, 0.3) is 10.6 Å². The number of aromatic hydroxyl groups is 1. The molecule has 0 spiro atoms. The monoisotopic (exact) mass is 473 g/mol. The Bertz CT molecular complexity index is 1330. The first kappa shape index (κ1) is 22.3. The fourth-order valence-electron chi connectivity index (χ4n) is 3.30. The van der Waals surface area contributed by atoms with Crippen LogP contribution in [0.2, 0.25) is 0 Å². The lowest BCUT2D eigenvalue weighted by Gasteiger charge is -2.23. The van der Waals surface area contributed by atoms with Crippen molar-refractivity contribution in [3.63, 3.8) is 0 Å². The van der Waals surface area contributed by atoms with Gasteiger partial charge in [-0.05, 0) is 41.5 Å². The van der Waals surface area contributed by atoms with Crippen molar-refractivity contribution in [2.75, 3.05) is 11.1 Å². The number of hydrogen-bond donors (Lipinski definition) is 4. The lowest BCUT2D eigenvalue weighted by Crippen LogP contribution is -2.35. The third-order valence-corrected chi connectivity index (χ3v) is 7.36. The molecule has 1 unspecified atom stereocenters. The van der Waals surface area contributed by atoms with Gasteiger partial charge in [0, 0.05) is 12.2 Å². The zero-order valence-corrected chi connectivity index (χ0v) is 19.6. The molecule has 11 heteroatoms. The summed E-state index contributed by atoms with van der Waals surface area (Å²) in [5.41, 5.74) is 5.72. The van der Waals surface area contributed by atoms with Gasteiger partial charge in [0.2, 0.25) is 0 Å². The predicted molar refractivity (Wildman–Crippen MR) is 128 cm³/mol. The summed E-state index contributed by atoms with van der Waals surface area (Å²) in [7, 11) is -4.23. The van der Waals surface area contributed by atoms with Crippen LogP contribution in [0.3, 0.4) is 0 Å². The zero-order valence-electron chi connectivity index (χ0n) is 17.9. The van der Waals surface area contributed by atoms with Crippen LogP contribution in [0, 0.1) is 5.41 Å². The number of nitrogen functional groups attached to an aromatic ring is 1. The largest absolute Gasteiger partial charge is 0.505 e.